The molecule has 0 atom stereocenters. The second kappa shape index (κ2) is 8.97. The van der Waals surface area contributed by atoms with Crippen LogP contribution in [0.1, 0.15) is 30.6 Å². The van der Waals surface area contributed by atoms with E-state index >= 15 is 0 Å². The molecule has 148 valence electrons. The van der Waals surface area contributed by atoms with Crippen LogP contribution in [0.25, 0.3) is 22.4 Å². The third-order valence-corrected chi connectivity index (χ3v) is 5.10. The molecule has 3 rings (SSSR count). The maximum absolute atomic E-state index is 14.9. The summed E-state index contributed by atoms with van der Waals surface area (Å²) < 4.78 is 16.9. The Kier molecular flexibility index (Phi) is 6.41. The number of halogens is 1. The second-order valence-corrected chi connectivity index (χ2v) is 6.73. The van der Waals surface area contributed by atoms with Crippen LogP contribution in [0.4, 0.5) is 4.39 Å². The number of fused-ring (bicyclic) bond motifs is 1. The number of nitrogens with zero attached hydrogens (tertiary/aromatic N) is 3. The number of aromatic nitrogens is 2. The maximum atomic E-state index is 14.9. The van der Waals surface area contributed by atoms with Crippen LogP contribution in [-0.4, -0.2) is 47.0 Å². The van der Waals surface area contributed by atoms with Crippen LogP contribution < -0.4 is 5.32 Å². The predicted octanol–water partition coefficient (Wildman–Crippen LogP) is 3.93. The van der Waals surface area contributed by atoms with E-state index in [1.807, 2.05) is 24.3 Å². The topological polar surface area (TPSA) is 50.2 Å². The van der Waals surface area contributed by atoms with Gasteiger partial charge in [-0.2, -0.15) is 0 Å². The quantitative estimate of drug-likeness (QED) is 0.642. The van der Waals surface area contributed by atoms with Crippen molar-refractivity contribution in [1.29, 1.82) is 0 Å². The molecular formula is C22H27FN4O. The number of imidazole rings is 1. The summed E-state index contributed by atoms with van der Waals surface area (Å²) in [6.07, 6.45) is 0.951. The molecule has 0 aliphatic rings. The predicted molar refractivity (Wildman–Crippen MR) is 111 cm³/mol. The first kappa shape index (κ1) is 20.0. The van der Waals surface area contributed by atoms with Gasteiger partial charge in [-0.05, 0) is 56.4 Å². The van der Waals surface area contributed by atoms with E-state index in [1.165, 1.54) is 13.1 Å². The monoisotopic (exact) mass is 382 g/mol. The molecule has 3 aromatic rings. The Hall–Kier alpha value is -2.73. The summed E-state index contributed by atoms with van der Waals surface area (Å²) in [5.74, 6) is -0.152. The van der Waals surface area contributed by atoms with Crippen molar-refractivity contribution in [2.24, 2.45) is 0 Å². The highest BCUT2D eigenvalue weighted by molar-refractivity contribution is 5.94. The van der Waals surface area contributed by atoms with E-state index in [4.69, 9.17) is 0 Å². The zero-order chi connectivity index (χ0) is 20.1. The van der Waals surface area contributed by atoms with Crippen LogP contribution in [-0.2, 0) is 6.54 Å². The smallest absolute Gasteiger partial charge is 0.251 e. The number of rotatable bonds is 8. The van der Waals surface area contributed by atoms with E-state index in [2.05, 4.69) is 33.6 Å². The molecule has 1 N–H and O–H groups in total. The fourth-order valence-electron chi connectivity index (χ4n) is 3.48. The van der Waals surface area contributed by atoms with Crippen LogP contribution in [0.5, 0.6) is 0 Å². The SMILES string of the molecule is CCN(CC)CCCn1c(-c2ccc(C(=O)NC)cc2F)nc2ccccc21. The van der Waals surface area contributed by atoms with Gasteiger partial charge >= 0.3 is 0 Å². The fourth-order valence-corrected chi connectivity index (χ4v) is 3.48. The van der Waals surface area contributed by atoms with Gasteiger partial charge in [-0.25, -0.2) is 9.37 Å². The van der Waals surface area contributed by atoms with Gasteiger partial charge in [-0.15, -0.1) is 0 Å². The second-order valence-electron chi connectivity index (χ2n) is 6.73. The summed E-state index contributed by atoms with van der Waals surface area (Å²) >= 11 is 0. The molecule has 0 unspecified atom stereocenters. The number of benzene rings is 2. The molecule has 0 radical (unpaired) electrons. The average molecular weight is 382 g/mol. The lowest BCUT2D eigenvalue weighted by molar-refractivity contribution is 0.0962. The molecule has 0 spiro atoms. The lowest BCUT2D eigenvalue weighted by Crippen LogP contribution is -2.25. The number of amides is 1. The fraction of sp³-hybridized carbons (Fsp3) is 0.364. The molecule has 0 saturated heterocycles. The Morgan fingerprint density at radius 1 is 1.18 bits per heavy atom. The van der Waals surface area contributed by atoms with Crippen molar-refractivity contribution in [3.63, 3.8) is 0 Å². The molecule has 1 aromatic heterocycles. The molecule has 6 heteroatoms. The largest absolute Gasteiger partial charge is 0.355 e. The van der Waals surface area contributed by atoms with Crippen LogP contribution in [0.2, 0.25) is 0 Å². The van der Waals surface area contributed by atoms with Gasteiger partial charge in [0.25, 0.3) is 5.91 Å². The van der Waals surface area contributed by atoms with Crippen molar-refractivity contribution in [3.05, 3.63) is 53.8 Å². The van der Waals surface area contributed by atoms with Crippen LogP contribution >= 0.6 is 0 Å². The Morgan fingerprint density at radius 3 is 2.61 bits per heavy atom. The molecule has 0 aliphatic carbocycles. The minimum atomic E-state index is -0.443. The van der Waals surface area contributed by atoms with E-state index in [-0.39, 0.29) is 5.91 Å². The highest BCUT2D eigenvalue weighted by atomic mass is 19.1. The lowest BCUT2D eigenvalue weighted by Gasteiger charge is -2.18. The number of hydrogen-bond acceptors (Lipinski definition) is 3. The Bertz CT molecular complexity index is 962. The highest BCUT2D eigenvalue weighted by Gasteiger charge is 2.17. The van der Waals surface area contributed by atoms with Gasteiger partial charge in [-0.1, -0.05) is 26.0 Å². The summed E-state index contributed by atoms with van der Waals surface area (Å²) in [5.41, 5.74) is 2.54. The van der Waals surface area contributed by atoms with Crippen molar-refractivity contribution in [2.75, 3.05) is 26.7 Å². The van der Waals surface area contributed by atoms with Crippen LogP contribution in [0.15, 0.2) is 42.5 Å². The molecule has 5 nitrogen and oxygen atoms in total. The molecule has 2 aromatic carbocycles. The molecule has 0 aliphatic heterocycles. The van der Waals surface area contributed by atoms with Gasteiger partial charge in [-0.3, -0.25) is 4.79 Å². The number of carbonyl (C=O) groups is 1. The summed E-state index contributed by atoms with van der Waals surface area (Å²) in [7, 11) is 1.53. The van der Waals surface area contributed by atoms with Gasteiger partial charge < -0.3 is 14.8 Å². The number of carbonyl (C=O) groups excluding carboxylic acids is 1. The average Bonchev–Trinajstić information content (AvgIpc) is 3.08. The van der Waals surface area contributed by atoms with Gasteiger partial charge in [0.1, 0.15) is 11.6 Å². The molecule has 1 amide bonds. The van der Waals surface area contributed by atoms with Gasteiger partial charge in [0.2, 0.25) is 0 Å². The zero-order valence-corrected chi connectivity index (χ0v) is 16.7. The maximum Gasteiger partial charge on any atom is 0.251 e. The molecular weight excluding hydrogens is 355 g/mol. The van der Waals surface area contributed by atoms with Gasteiger partial charge in [0, 0.05) is 19.2 Å². The molecule has 0 fully saturated rings. The minimum absolute atomic E-state index is 0.299. The molecule has 28 heavy (non-hydrogen) atoms. The number of nitrogens with one attached hydrogen (secondary N) is 1. The van der Waals surface area contributed by atoms with Crippen molar-refractivity contribution in [2.45, 2.75) is 26.8 Å². The first-order valence-electron chi connectivity index (χ1n) is 9.78. The molecule has 0 bridgehead atoms. The molecule has 0 saturated carbocycles. The number of aryl methyl sites for hydroxylation is 1. The Balaban J connectivity index is 1.98. The van der Waals surface area contributed by atoms with Crippen LogP contribution in [0.3, 0.4) is 0 Å². The summed E-state index contributed by atoms with van der Waals surface area (Å²) in [4.78, 5) is 18.8. The zero-order valence-electron chi connectivity index (χ0n) is 16.7. The summed E-state index contributed by atoms with van der Waals surface area (Å²) in [6.45, 7) is 8.09. The van der Waals surface area contributed by atoms with E-state index in [1.54, 1.807) is 12.1 Å². The summed E-state index contributed by atoms with van der Waals surface area (Å²) in [5, 5.41) is 2.52. The highest BCUT2D eigenvalue weighted by Crippen LogP contribution is 2.28. The van der Waals surface area contributed by atoms with Crippen molar-refractivity contribution < 1.29 is 9.18 Å². The van der Waals surface area contributed by atoms with Gasteiger partial charge in [0.05, 0.1) is 16.6 Å². The third-order valence-electron chi connectivity index (χ3n) is 5.10. The lowest BCUT2D eigenvalue weighted by atomic mass is 10.1. The van der Waals surface area contributed by atoms with Crippen LogP contribution in [0, 0.1) is 5.82 Å². The first-order chi connectivity index (χ1) is 13.6. The normalized spacial score (nSPS) is 11.3. The van der Waals surface area contributed by atoms with Crippen molar-refractivity contribution in [1.82, 2.24) is 19.8 Å². The van der Waals surface area contributed by atoms with E-state index < -0.39 is 5.82 Å². The number of para-hydroxylation sites is 2. The van der Waals surface area contributed by atoms with E-state index in [9.17, 15) is 9.18 Å². The van der Waals surface area contributed by atoms with Crippen molar-refractivity contribution in [3.8, 4) is 11.4 Å². The van der Waals surface area contributed by atoms with E-state index in [0.29, 0.717) is 17.0 Å². The molecule has 1 heterocycles. The minimum Gasteiger partial charge on any atom is -0.355 e. The van der Waals surface area contributed by atoms with E-state index in [0.717, 1.165) is 43.6 Å². The standard InChI is InChI=1S/C22H27FN4O/c1-4-26(5-2)13-8-14-27-20-10-7-6-9-19(20)25-21(27)17-12-11-16(15-18(17)23)22(28)24-3/h6-7,9-12,15H,4-5,8,13-14H2,1-3H3,(H,24,28). The summed E-state index contributed by atoms with van der Waals surface area (Å²) in [6, 6.07) is 12.4. The van der Waals surface area contributed by atoms with Gasteiger partial charge in [0.15, 0.2) is 0 Å². The number of hydrogen-bond donors (Lipinski definition) is 1. The van der Waals surface area contributed by atoms with Crippen molar-refractivity contribution >= 4 is 16.9 Å². The first-order valence-corrected chi connectivity index (χ1v) is 9.78. The Morgan fingerprint density at radius 2 is 1.93 bits per heavy atom. The Labute approximate surface area is 165 Å². The third kappa shape index (κ3) is 4.07.